The number of pyridine rings is 1. The third kappa shape index (κ3) is 1.82. The van der Waals surface area contributed by atoms with E-state index in [0.29, 0.717) is 0 Å². The average Bonchev–Trinajstić information content (AvgIpc) is 2.03. The standard InChI is InChI=1S/C7H6ClF2NO/c8-2-4-1-6(12)11-3-5(4)7(9)10/h1,3,7H,2H2,(H,11,12). The Kier molecular flexibility index (Phi) is 2.81. The lowest BCUT2D eigenvalue weighted by molar-refractivity contribution is 0.150. The second-order valence-corrected chi connectivity index (χ2v) is 2.48. The van der Waals surface area contributed by atoms with Crippen LogP contribution in [0.1, 0.15) is 17.6 Å². The van der Waals surface area contributed by atoms with Crippen LogP contribution >= 0.6 is 11.6 Å². The van der Waals surface area contributed by atoms with Crippen LogP contribution in [0.15, 0.2) is 17.1 Å². The van der Waals surface area contributed by atoms with Gasteiger partial charge in [0, 0.05) is 23.7 Å². The summed E-state index contributed by atoms with van der Waals surface area (Å²) in [7, 11) is 0. The molecule has 0 saturated heterocycles. The normalized spacial score (nSPS) is 10.7. The summed E-state index contributed by atoms with van der Waals surface area (Å²) in [5, 5.41) is 0. The molecule has 0 amide bonds. The molecule has 0 radical (unpaired) electrons. The molecule has 1 heterocycles. The third-order valence-electron chi connectivity index (χ3n) is 1.43. The average molecular weight is 194 g/mol. The second kappa shape index (κ2) is 3.67. The molecular weight excluding hydrogens is 188 g/mol. The first kappa shape index (κ1) is 9.19. The van der Waals surface area contributed by atoms with E-state index in [9.17, 15) is 13.6 Å². The van der Waals surface area contributed by atoms with Gasteiger partial charge in [-0.25, -0.2) is 8.78 Å². The van der Waals surface area contributed by atoms with Crippen molar-refractivity contribution in [3.63, 3.8) is 0 Å². The summed E-state index contributed by atoms with van der Waals surface area (Å²) in [5.41, 5.74) is -0.463. The Morgan fingerprint density at radius 3 is 2.75 bits per heavy atom. The van der Waals surface area contributed by atoms with Crippen molar-refractivity contribution in [1.29, 1.82) is 0 Å². The van der Waals surface area contributed by atoms with Crippen LogP contribution in [0, 0.1) is 0 Å². The predicted octanol–water partition coefficient (Wildman–Crippen LogP) is 2.05. The Morgan fingerprint density at radius 2 is 2.25 bits per heavy atom. The molecule has 1 aromatic heterocycles. The van der Waals surface area contributed by atoms with Gasteiger partial charge in [0.25, 0.3) is 6.43 Å². The van der Waals surface area contributed by atoms with Gasteiger partial charge >= 0.3 is 0 Å². The summed E-state index contributed by atoms with van der Waals surface area (Å²) in [4.78, 5) is 12.8. The highest BCUT2D eigenvalue weighted by molar-refractivity contribution is 6.17. The lowest BCUT2D eigenvalue weighted by Crippen LogP contribution is -2.07. The van der Waals surface area contributed by atoms with E-state index in [1.165, 1.54) is 0 Å². The minimum atomic E-state index is -2.60. The molecule has 1 aromatic rings. The number of hydrogen-bond donors (Lipinski definition) is 1. The van der Waals surface area contributed by atoms with E-state index in [1.54, 1.807) is 0 Å². The molecule has 0 bridgehead atoms. The summed E-state index contributed by atoms with van der Waals surface area (Å²) in [6.07, 6.45) is -1.61. The maximum absolute atomic E-state index is 12.2. The highest BCUT2D eigenvalue weighted by Crippen LogP contribution is 2.21. The number of H-pyrrole nitrogens is 1. The summed E-state index contributed by atoms with van der Waals surface area (Å²) in [6.45, 7) is 0. The molecule has 5 heteroatoms. The minimum Gasteiger partial charge on any atom is -0.329 e. The van der Waals surface area contributed by atoms with E-state index in [0.717, 1.165) is 12.3 Å². The number of halogens is 3. The van der Waals surface area contributed by atoms with Crippen LogP contribution in [0.25, 0.3) is 0 Å². The summed E-state index contributed by atoms with van der Waals surface area (Å²) < 4.78 is 24.3. The smallest absolute Gasteiger partial charge is 0.265 e. The zero-order chi connectivity index (χ0) is 9.14. The second-order valence-electron chi connectivity index (χ2n) is 2.21. The van der Waals surface area contributed by atoms with Crippen molar-refractivity contribution < 1.29 is 8.78 Å². The SMILES string of the molecule is O=c1cc(CCl)c(C(F)F)c[nH]1. The Balaban J connectivity index is 3.20. The third-order valence-corrected chi connectivity index (χ3v) is 1.71. The number of aromatic nitrogens is 1. The molecule has 0 aromatic carbocycles. The molecule has 2 nitrogen and oxygen atoms in total. The molecule has 0 aliphatic heterocycles. The molecule has 0 aliphatic rings. The van der Waals surface area contributed by atoms with Gasteiger partial charge in [0.2, 0.25) is 5.56 Å². The quantitative estimate of drug-likeness (QED) is 0.717. The molecule has 12 heavy (non-hydrogen) atoms. The fourth-order valence-corrected chi connectivity index (χ4v) is 1.08. The number of alkyl halides is 3. The monoisotopic (exact) mass is 193 g/mol. The van der Waals surface area contributed by atoms with E-state index in [1.807, 2.05) is 0 Å². The van der Waals surface area contributed by atoms with Crippen LogP contribution in [0.2, 0.25) is 0 Å². The van der Waals surface area contributed by atoms with Gasteiger partial charge in [-0.15, -0.1) is 11.6 Å². The minimum absolute atomic E-state index is 0.0798. The Bertz CT molecular complexity index is 323. The maximum atomic E-state index is 12.2. The molecule has 1 N–H and O–H groups in total. The summed E-state index contributed by atoms with van der Waals surface area (Å²) in [5.74, 6) is -0.0798. The van der Waals surface area contributed by atoms with E-state index in [2.05, 4.69) is 4.98 Å². The van der Waals surface area contributed by atoms with Gasteiger partial charge in [-0.2, -0.15) is 0 Å². The number of nitrogens with one attached hydrogen (secondary N) is 1. The molecule has 0 atom stereocenters. The zero-order valence-corrected chi connectivity index (χ0v) is 6.74. The van der Waals surface area contributed by atoms with Crippen molar-refractivity contribution in [3.8, 4) is 0 Å². The Morgan fingerprint density at radius 1 is 1.58 bits per heavy atom. The van der Waals surface area contributed by atoms with E-state index in [-0.39, 0.29) is 17.0 Å². The fraction of sp³-hybridized carbons (Fsp3) is 0.286. The highest BCUT2D eigenvalue weighted by atomic mass is 35.5. The first-order chi connectivity index (χ1) is 5.65. The van der Waals surface area contributed by atoms with Crippen LogP contribution in [0.4, 0.5) is 8.78 Å². The van der Waals surface area contributed by atoms with Crippen LogP contribution < -0.4 is 5.56 Å². The number of hydrogen-bond acceptors (Lipinski definition) is 1. The maximum Gasteiger partial charge on any atom is 0.265 e. The van der Waals surface area contributed by atoms with E-state index in [4.69, 9.17) is 11.6 Å². The van der Waals surface area contributed by atoms with Gasteiger partial charge in [-0.3, -0.25) is 4.79 Å². The van der Waals surface area contributed by atoms with Gasteiger partial charge in [-0.05, 0) is 5.56 Å². The molecule has 1 rings (SSSR count). The van der Waals surface area contributed by atoms with Gasteiger partial charge < -0.3 is 4.98 Å². The summed E-state index contributed by atoms with van der Waals surface area (Å²) in [6, 6.07) is 1.08. The molecule has 0 saturated carbocycles. The van der Waals surface area contributed by atoms with Crippen molar-refractivity contribution >= 4 is 11.6 Å². The fourth-order valence-electron chi connectivity index (χ4n) is 0.844. The molecule has 0 fully saturated rings. The van der Waals surface area contributed by atoms with Gasteiger partial charge in [-0.1, -0.05) is 0 Å². The highest BCUT2D eigenvalue weighted by Gasteiger charge is 2.12. The first-order valence-electron chi connectivity index (χ1n) is 3.20. The van der Waals surface area contributed by atoms with Crippen molar-refractivity contribution in [2.75, 3.05) is 0 Å². The lowest BCUT2D eigenvalue weighted by atomic mass is 10.2. The lowest BCUT2D eigenvalue weighted by Gasteiger charge is -2.03. The van der Waals surface area contributed by atoms with Gasteiger partial charge in [0.05, 0.1) is 0 Å². The van der Waals surface area contributed by atoms with Crippen molar-refractivity contribution in [3.05, 3.63) is 33.7 Å². The zero-order valence-electron chi connectivity index (χ0n) is 5.98. The van der Waals surface area contributed by atoms with Gasteiger partial charge in [0.15, 0.2) is 0 Å². The van der Waals surface area contributed by atoms with E-state index >= 15 is 0 Å². The van der Waals surface area contributed by atoms with Crippen LogP contribution in [-0.4, -0.2) is 4.98 Å². The van der Waals surface area contributed by atoms with Crippen LogP contribution in [-0.2, 0) is 5.88 Å². The molecular formula is C7H6ClF2NO. The molecule has 0 unspecified atom stereocenters. The van der Waals surface area contributed by atoms with Crippen molar-refractivity contribution in [2.45, 2.75) is 12.3 Å². The number of aromatic amines is 1. The van der Waals surface area contributed by atoms with Crippen LogP contribution in [0.5, 0.6) is 0 Å². The Hall–Kier alpha value is -0.900. The molecule has 66 valence electrons. The van der Waals surface area contributed by atoms with Crippen LogP contribution in [0.3, 0.4) is 0 Å². The molecule has 0 aliphatic carbocycles. The number of rotatable bonds is 2. The first-order valence-corrected chi connectivity index (χ1v) is 3.74. The van der Waals surface area contributed by atoms with Crippen molar-refractivity contribution in [1.82, 2.24) is 4.98 Å². The van der Waals surface area contributed by atoms with Gasteiger partial charge in [0.1, 0.15) is 0 Å². The largest absolute Gasteiger partial charge is 0.329 e. The topological polar surface area (TPSA) is 32.9 Å². The van der Waals surface area contributed by atoms with Crippen molar-refractivity contribution in [2.24, 2.45) is 0 Å². The Labute approximate surface area is 72.2 Å². The molecule has 0 spiro atoms. The van der Waals surface area contributed by atoms with E-state index < -0.39 is 12.0 Å². The predicted molar refractivity (Wildman–Crippen MR) is 41.6 cm³/mol. The summed E-state index contributed by atoms with van der Waals surface area (Å²) >= 11 is 5.36.